The summed E-state index contributed by atoms with van der Waals surface area (Å²) < 4.78 is 12.8. The number of hydrogen-bond acceptors (Lipinski definition) is 5. The van der Waals surface area contributed by atoms with Crippen LogP contribution in [0.1, 0.15) is 18.4 Å². The third-order valence-corrected chi connectivity index (χ3v) is 4.45. The van der Waals surface area contributed by atoms with Crippen molar-refractivity contribution in [2.75, 3.05) is 7.11 Å². The van der Waals surface area contributed by atoms with Crippen molar-refractivity contribution in [1.82, 2.24) is 19.7 Å². The lowest BCUT2D eigenvalue weighted by Gasteiger charge is -2.02. The number of rotatable bonds is 6. The highest BCUT2D eigenvalue weighted by Crippen LogP contribution is 2.22. The average Bonchev–Trinajstić information content (AvgIpc) is 3.32. The maximum absolute atomic E-state index is 5.43. The molecule has 4 aromatic rings. The van der Waals surface area contributed by atoms with Crippen molar-refractivity contribution in [3.05, 3.63) is 60.2 Å². The lowest BCUT2D eigenvalue weighted by molar-refractivity contribution is 0.378. The highest BCUT2D eigenvalue weighted by atomic mass is 16.5. The zero-order valence-electron chi connectivity index (χ0n) is 14.8. The van der Waals surface area contributed by atoms with E-state index in [9.17, 15) is 0 Å². The molecule has 2 heterocycles. The highest BCUT2D eigenvalue weighted by molar-refractivity contribution is 5.80. The van der Waals surface area contributed by atoms with Crippen LogP contribution in [0.3, 0.4) is 0 Å². The summed E-state index contributed by atoms with van der Waals surface area (Å²) >= 11 is 0. The standard InChI is InChI=1S/C20H20N4O2/c1-3-24-13-21-17-9-8-15(12-18(17)24)20-22-19(26-23-20)10-7-14-5-4-6-16(11-14)25-2/h4-6,8-9,11-13H,3,7,10H2,1-2H3. The van der Waals surface area contributed by atoms with E-state index in [0.29, 0.717) is 18.1 Å². The molecule has 2 aromatic carbocycles. The van der Waals surface area contributed by atoms with Gasteiger partial charge in [-0.05, 0) is 49.2 Å². The molecule has 0 saturated carbocycles. The molecule has 0 unspecified atom stereocenters. The molecular weight excluding hydrogens is 328 g/mol. The maximum Gasteiger partial charge on any atom is 0.227 e. The summed E-state index contributed by atoms with van der Waals surface area (Å²) in [5, 5.41) is 4.14. The molecule has 6 nitrogen and oxygen atoms in total. The molecule has 0 bridgehead atoms. The van der Waals surface area contributed by atoms with Crippen molar-refractivity contribution < 1.29 is 9.26 Å². The zero-order valence-corrected chi connectivity index (χ0v) is 14.8. The number of aryl methyl sites for hydroxylation is 3. The Morgan fingerprint density at radius 1 is 1.12 bits per heavy atom. The molecule has 0 spiro atoms. The largest absolute Gasteiger partial charge is 0.497 e. The Morgan fingerprint density at radius 3 is 2.88 bits per heavy atom. The van der Waals surface area contributed by atoms with Gasteiger partial charge in [-0.2, -0.15) is 4.98 Å². The van der Waals surface area contributed by atoms with Crippen molar-refractivity contribution >= 4 is 11.0 Å². The van der Waals surface area contributed by atoms with Gasteiger partial charge < -0.3 is 13.8 Å². The van der Waals surface area contributed by atoms with Crippen LogP contribution in [0.4, 0.5) is 0 Å². The van der Waals surface area contributed by atoms with E-state index in [1.807, 2.05) is 36.7 Å². The maximum atomic E-state index is 5.43. The first-order valence-electron chi connectivity index (χ1n) is 8.67. The monoisotopic (exact) mass is 348 g/mol. The second-order valence-corrected chi connectivity index (χ2v) is 6.10. The summed E-state index contributed by atoms with van der Waals surface area (Å²) in [6.07, 6.45) is 3.36. The van der Waals surface area contributed by atoms with Gasteiger partial charge in [0.05, 0.1) is 24.5 Å². The summed E-state index contributed by atoms with van der Waals surface area (Å²) in [7, 11) is 1.67. The third-order valence-electron chi connectivity index (χ3n) is 4.45. The second-order valence-electron chi connectivity index (χ2n) is 6.10. The number of benzene rings is 2. The molecular formula is C20H20N4O2. The van der Waals surface area contributed by atoms with Crippen molar-refractivity contribution in [3.8, 4) is 17.1 Å². The Bertz CT molecular complexity index is 1040. The van der Waals surface area contributed by atoms with Crippen LogP contribution in [0.5, 0.6) is 5.75 Å². The Balaban J connectivity index is 1.52. The fraction of sp³-hybridized carbons (Fsp3) is 0.250. The molecule has 0 aliphatic carbocycles. The van der Waals surface area contributed by atoms with Crippen LogP contribution < -0.4 is 4.74 Å². The van der Waals surface area contributed by atoms with E-state index in [4.69, 9.17) is 9.26 Å². The van der Waals surface area contributed by atoms with Crippen molar-refractivity contribution in [2.45, 2.75) is 26.3 Å². The lowest BCUT2D eigenvalue weighted by atomic mass is 10.1. The van der Waals surface area contributed by atoms with Crippen LogP contribution in [0.2, 0.25) is 0 Å². The van der Waals surface area contributed by atoms with Gasteiger partial charge in [0.1, 0.15) is 5.75 Å². The van der Waals surface area contributed by atoms with Gasteiger partial charge >= 0.3 is 0 Å². The zero-order chi connectivity index (χ0) is 17.9. The lowest BCUT2D eigenvalue weighted by Crippen LogP contribution is -1.93. The molecule has 0 fully saturated rings. The van der Waals surface area contributed by atoms with Crippen LogP contribution >= 0.6 is 0 Å². The fourth-order valence-electron chi connectivity index (χ4n) is 3.00. The topological polar surface area (TPSA) is 66.0 Å². The van der Waals surface area contributed by atoms with E-state index in [1.165, 1.54) is 5.56 Å². The number of ether oxygens (including phenoxy) is 1. The van der Waals surface area contributed by atoms with Gasteiger partial charge in [0, 0.05) is 18.5 Å². The minimum absolute atomic E-state index is 0.608. The molecule has 0 saturated heterocycles. The Kier molecular flexibility index (Phi) is 4.39. The second kappa shape index (κ2) is 7.00. The molecule has 0 aliphatic rings. The first-order valence-corrected chi connectivity index (χ1v) is 8.67. The summed E-state index contributed by atoms with van der Waals surface area (Å²) in [4.78, 5) is 8.94. The highest BCUT2D eigenvalue weighted by Gasteiger charge is 2.11. The minimum atomic E-state index is 0.608. The van der Waals surface area contributed by atoms with E-state index in [0.717, 1.165) is 35.3 Å². The van der Waals surface area contributed by atoms with E-state index in [-0.39, 0.29) is 0 Å². The Labute approximate surface area is 151 Å². The van der Waals surface area contributed by atoms with E-state index in [2.05, 4.69) is 38.7 Å². The summed E-state index contributed by atoms with van der Waals surface area (Å²) in [5.74, 6) is 2.10. The molecule has 0 radical (unpaired) electrons. The molecule has 4 rings (SSSR count). The Hall–Kier alpha value is -3.15. The predicted molar refractivity (Wildman–Crippen MR) is 99.1 cm³/mol. The van der Waals surface area contributed by atoms with Crippen LogP contribution in [0.25, 0.3) is 22.4 Å². The molecule has 26 heavy (non-hydrogen) atoms. The summed E-state index contributed by atoms with van der Waals surface area (Å²) in [6.45, 7) is 2.97. The number of nitrogens with zero attached hydrogens (tertiary/aromatic N) is 4. The Morgan fingerprint density at radius 2 is 2.04 bits per heavy atom. The van der Waals surface area contributed by atoms with Crippen LogP contribution in [-0.2, 0) is 19.4 Å². The molecule has 2 aromatic heterocycles. The number of hydrogen-bond donors (Lipinski definition) is 0. The van der Waals surface area contributed by atoms with Gasteiger partial charge in [-0.25, -0.2) is 4.98 Å². The smallest absolute Gasteiger partial charge is 0.227 e. The molecule has 0 amide bonds. The van der Waals surface area contributed by atoms with Gasteiger partial charge in [0.2, 0.25) is 11.7 Å². The van der Waals surface area contributed by atoms with Gasteiger partial charge in [-0.15, -0.1) is 0 Å². The average molecular weight is 348 g/mol. The van der Waals surface area contributed by atoms with Crippen LogP contribution in [0.15, 0.2) is 53.3 Å². The normalized spacial score (nSPS) is 11.2. The molecule has 0 N–H and O–H groups in total. The van der Waals surface area contributed by atoms with Gasteiger partial charge in [0.25, 0.3) is 0 Å². The van der Waals surface area contributed by atoms with E-state index < -0.39 is 0 Å². The van der Waals surface area contributed by atoms with Gasteiger partial charge in [-0.3, -0.25) is 0 Å². The minimum Gasteiger partial charge on any atom is -0.497 e. The first kappa shape index (κ1) is 16.3. The molecule has 132 valence electrons. The van der Waals surface area contributed by atoms with Gasteiger partial charge in [0.15, 0.2) is 0 Å². The molecule has 0 atom stereocenters. The van der Waals surface area contributed by atoms with E-state index in [1.54, 1.807) is 7.11 Å². The fourth-order valence-corrected chi connectivity index (χ4v) is 3.00. The number of fused-ring (bicyclic) bond motifs is 1. The predicted octanol–water partition coefficient (Wildman–Crippen LogP) is 3.90. The van der Waals surface area contributed by atoms with E-state index >= 15 is 0 Å². The first-order chi connectivity index (χ1) is 12.8. The SMILES string of the molecule is CCn1cnc2ccc(-c3noc(CCc4cccc(OC)c4)n3)cc21. The van der Waals surface area contributed by atoms with Crippen LogP contribution in [0, 0.1) is 0 Å². The molecule has 6 heteroatoms. The number of methoxy groups -OCH3 is 1. The quantitative estimate of drug-likeness (QED) is 0.529. The summed E-state index contributed by atoms with van der Waals surface area (Å²) in [5.41, 5.74) is 4.16. The van der Waals surface area contributed by atoms with Crippen molar-refractivity contribution in [2.24, 2.45) is 0 Å². The summed E-state index contributed by atoms with van der Waals surface area (Å²) in [6, 6.07) is 14.0. The van der Waals surface area contributed by atoms with Gasteiger partial charge in [-0.1, -0.05) is 17.3 Å². The third kappa shape index (κ3) is 3.18. The number of imidazole rings is 1. The van der Waals surface area contributed by atoms with Crippen molar-refractivity contribution in [1.29, 1.82) is 0 Å². The van der Waals surface area contributed by atoms with Crippen LogP contribution in [-0.4, -0.2) is 26.8 Å². The molecule has 0 aliphatic heterocycles. The number of aromatic nitrogens is 4. The van der Waals surface area contributed by atoms with Crippen molar-refractivity contribution in [3.63, 3.8) is 0 Å².